The Morgan fingerprint density at radius 2 is 1.88 bits per heavy atom. The Balaban J connectivity index is 1.36. The number of benzene rings is 1. The molecule has 40 heavy (non-hydrogen) atoms. The third-order valence-electron chi connectivity index (χ3n) is 6.62. The zero-order chi connectivity index (χ0) is 27.6. The van der Waals surface area contributed by atoms with E-state index in [4.69, 9.17) is 19.4 Å². The quantitative estimate of drug-likeness (QED) is 0.286. The van der Waals surface area contributed by atoms with Crippen molar-refractivity contribution < 1.29 is 13.9 Å². The molecule has 0 radical (unpaired) electrons. The molecule has 9 nitrogen and oxygen atoms in total. The molecule has 202 valence electrons. The van der Waals surface area contributed by atoms with Gasteiger partial charge in [-0.1, -0.05) is 18.2 Å². The first-order valence-electron chi connectivity index (χ1n) is 12.9. The predicted molar refractivity (Wildman–Crippen MR) is 152 cm³/mol. The molecule has 0 atom stereocenters. The molecule has 0 saturated carbocycles. The minimum Gasteiger partial charge on any atom is -0.497 e. The summed E-state index contributed by atoms with van der Waals surface area (Å²) in [6.07, 6.45) is 10.0. The first-order valence-corrected chi connectivity index (χ1v) is 12.9. The molecule has 0 unspecified atom stereocenters. The number of halogens is 1. The second-order valence-electron chi connectivity index (χ2n) is 9.73. The highest BCUT2D eigenvalue weighted by Gasteiger charge is 2.21. The average Bonchev–Trinajstić information content (AvgIpc) is 3.51. The molecule has 0 fully saturated rings. The Bertz CT molecular complexity index is 1750. The molecule has 0 spiro atoms. The Morgan fingerprint density at radius 3 is 2.73 bits per heavy atom. The first-order chi connectivity index (χ1) is 19.5. The second kappa shape index (κ2) is 10.7. The second-order valence-corrected chi connectivity index (χ2v) is 9.73. The number of fused-ring (bicyclic) bond motifs is 2. The van der Waals surface area contributed by atoms with Crippen LogP contribution in [0.25, 0.3) is 39.4 Å². The third-order valence-corrected chi connectivity index (χ3v) is 6.62. The summed E-state index contributed by atoms with van der Waals surface area (Å²) in [5.41, 5.74) is 6.72. The summed E-state index contributed by atoms with van der Waals surface area (Å²) in [7, 11) is 5.53. The number of nitrogens with zero attached hydrogens (tertiary/aromatic N) is 5. The SMILES string of the molecule is COc1cc(F)cc(C2=CC=CCc3[nH]c(-c4n[nH]c5ccc(-c6cncc(OCCN(C)C)c6)nc45)nc32)c1. The fourth-order valence-corrected chi connectivity index (χ4v) is 4.60. The third kappa shape index (κ3) is 5.08. The highest BCUT2D eigenvalue weighted by Crippen LogP contribution is 2.34. The lowest BCUT2D eigenvalue weighted by atomic mass is 10.0. The van der Waals surface area contributed by atoms with Crippen molar-refractivity contribution in [3.8, 4) is 34.3 Å². The van der Waals surface area contributed by atoms with Gasteiger partial charge in [0.25, 0.3) is 0 Å². The highest BCUT2D eigenvalue weighted by atomic mass is 19.1. The van der Waals surface area contributed by atoms with E-state index >= 15 is 0 Å². The van der Waals surface area contributed by atoms with Gasteiger partial charge >= 0.3 is 0 Å². The van der Waals surface area contributed by atoms with Crippen LogP contribution < -0.4 is 9.47 Å². The maximum absolute atomic E-state index is 14.4. The monoisotopic (exact) mass is 537 g/mol. The molecule has 1 aromatic carbocycles. The summed E-state index contributed by atoms with van der Waals surface area (Å²) in [6, 6.07) is 10.4. The minimum absolute atomic E-state index is 0.377. The van der Waals surface area contributed by atoms with Crippen LogP contribution in [-0.4, -0.2) is 69.4 Å². The molecule has 0 saturated heterocycles. The molecule has 1 aliphatic carbocycles. The molecule has 2 N–H and O–H groups in total. The Hall–Kier alpha value is -4.83. The lowest BCUT2D eigenvalue weighted by molar-refractivity contribution is 0.261. The number of H-pyrrole nitrogens is 2. The van der Waals surface area contributed by atoms with Gasteiger partial charge in [0.1, 0.15) is 29.4 Å². The molecular weight excluding hydrogens is 509 g/mol. The summed E-state index contributed by atoms with van der Waals surface area (Å²) in [5.74, 6) is 1.32. The average molecular weight is 538 g/mol. The van der Waals surface area contributed by atoms with E-state index in [1.165, 1.54) is 19.2 Å². The van der Waals surface area contributed by atoms with Crippen LogP contribution >= 0.6 is 0 Å². The lowest BCUT2D eigenvalue weighted by Gasteiger charge is -2.11. The molecule has 0 aliphatic heterocycles. The molecule has 0 amide bonds. The molecular formula is C30H28FN7O2. The number of imidazole rings is 1. The normalized spacial score (nSPS) is 12.9. The van der Waals surface area contributed by atoms with Crippen molar-refractivity contribution in [1.82, 2.24) is 35.0 Å². The molecule has 10 heteroatoms. The fraction of sp³-hybridized carbons (Fsp3) is 0.200. The minimum atomic E-state index is -0.377. The van der Waals surface area contributed by atoms with Crippen molar-refractivity contribution in [2.45, 2.75) is 6.42 Å². The number of nitrogens with one attached hydrogen (secondary N) is 2. The summed E-state index contributed by atoms with van der Waals surface area (Å²) >= 11 is 0. The number of rotatable bonds is 8. The number of hydrogen-bond donors (Lipinski definition) is 2. The van der Waals surface area contributed by atoms with Gasteiger partial charge in [-0.25, -0.2) is 14.4 Å². The number of pyridine rings is 2. The zero-order valence-corrected chi connectivity index (χ0v) is 22.4. The summed E-state index contributed by atoms with van der Waals surface area (Å²) < 4.78 is 25.5. The van der Waals surface area contributed by atoms with Crippen molar-refractivity contribution in [2.75, 3.05) is 34.4 Å². The van der Waals surface area contributed by atoms with E-state index in [9.17, 15) is 4.39 Å². The maximum atomic E-state index is 14.4. The van der Waals surface area contributed by atoms with E-state index in [-0.39, 0.29) is 5.82 Å². The fourth-order valence-electron chi connectivity index (χ4n) is 4.60. The lowest BCUT2D eigenvalue weighted by Crippen LogP contribution is -2.19. The van der Waals surface area contributed by atoms with Gasteiger partial charge in [-0.3, -0.25) is 10.1 Å². The highest BCUT2D eigenvalue weighted by molar-refractivity contribution is 5.90. The van der Waals surface area contributed by atoms with Gasteiger partial charge in [0.05, 0.1) is 30.2 Å². The van der Waals surface area contributed by atoms with E-state index in [0.29, 0.717) is 47.1 Å². The Morgan fingerprint density at radius 1 is 1.00 bits per heavy atom. The van der Waals surface area contributed by atoms with Gasteiger partial charge in [-0.05, 0) is 50.0 Å². The molecule has 4 heterocycles. The maximum Gasteiger partial charge on any atom is 0.161 e. The van der Waals surface area contributed by atoms with Gasteiger partial charge in [0.2, 0.25) is 0 Å². The molecule has 4 aromatic heterocycles. The van der Waals surface area contributed by atoms with Crippen molar-refractivity contribution in [1.29, 1.82) is 0 Å². The number of methoxy groups -OCH3 is 1. The van der Waals surface area contributed by atoms with Crippen LogP contribution in [0.15, 0.2) is 67.0 Å². The van der Waals surface area contributed by atoms with Crippen molar-refractivity contribution >= 4 is 16.6 Å². The van der Waals surface area contributed by atoms with Crippen LogP contribution in [0, 0.1) is 5.82 Å². The standard InChI is InChI=1S/C30H28FN7O2/c1-38(2)10-11-40-22-14-19(16-32-17-22)24-8-9-26-28(33-24)29(37-36-26)30-34-25-7-5-4-6-23(27(25)35-30)18-12-20(31)15-21(13-18)39-3/h4-6,8-9,12-17H,7,10-11H2,1-3H3,(H,34,35)(H,36,37). The largest absolute Gasteiger partial charge is 0.497 e. The number of allylic oxidation sites excluding steroid dienone is 3. The van der Waals surface area contributed by atoms with Crippen LogP contribution in [0.5, 0.6) is 11.5 Å². The first kappa shape index (κ1) is 25.4. The van der Waals surface area contributed by atoms with Crippen molar-refractivity contribution in [2.24, 2.45) is 0 Å². The molecule has 1 aliphatic rings. The molecule has 5 aromatic rings. The number of ether oxygens (including phenoxy) is 2. The number of likely N-dealkylation sites (N-methyl/N-ethyl adjacent to an activating group) is 1. The van der Waals surface area contributed by atoms with E-state index in [0.717, 1.165) is 40.3 Å². The van der Waals surface area contributed by atoms with Crippen LogP contribution in [0.4, 0.5) is 4.39 Å². The van der Waals surface area contributed by atoms with Crippen LogP contribution in [-0.2, 0) is 6.42 Å². The topological polar surface area (TPSA) is 105 Å². The molecule has 6 rings (SSSR count). The predicted octanol–water partition coefficient (Wildman–Crippen LogP) is 5.04. The van der Waals surface area contributed by atoms with Crippen LogP contribution in [0.2, 0.25) is 0 Å². The van der Waals surface area contributed by atoms with Gasteiger partial charge < -0.3 is 19.4 Å². The van der Waals surface area contributed by atoms with E-state index in [1.807, 2.05) is 50.5 Å². The van der Waals surface area contributed by atoms with Gasteiger partial charge in [-0.15, -0.1) is 0 Å². The Labute approximate surface area is 230 Å². The van der Waals surface area contributed by atoms with Crippen LogP contribution in [0.3, 0.4) is 0 Å². The van der Waals surface area contributed by atoms with Crippen molar-refractivity contribution in [3.63, 3.8) is 0 Å². The van der Waals surface area contributed by atoms with E-state index < -0.39 is 0 Å². The van der Waals surface area contributed by atoms with Gasteiger partial charge in [-0.2, -0.15) is 5.10 Å². The zero-order valence-electron chi connectivity index (χ0n) is 22.4. The number of aromatic nitrogens is 6. The summed E-state index contributed by atoms with van der Waals surface area (Å²) in [6.45, 7) is 1.37. The smallest absolute Gasteiger partial charge is 0.161 e. The van der Waals surface area contributed by atoms with Gasteiger partial charge in [0, 0.05) is 42.1 Å². The molecule has 0 bridgehead atoms. The Kier molecular flexibility index (Phi) is 6.83. The van der Waals surface area contributed by atoms with E-state index in [2.05, 4.69) is 25.1 Å². The van der Waals surface area contributed by atoms with Crippen LogP contribution in [0.1, 0.15) is 17.0 Å². The summed E-state index contributed by atoms with van der Waals surface area (Å²) in [4.78, 5) is 19.7. The van der Waals surface area contributed by atoms with E-state index in [1.54, 1.807) is 18.5 Å². The number of hydrogen-bond acceptors (Lipinski definition) is 7. The van der Waals surface area contributed by atoms with Gasteiger partial charge in [0.15, 0.2) is 11.5 Å². The number of aromatic amines is 2. The van der Waals surface area contributed by atoms with Crippen molar-refractivity contribution in [3.05, 3.63) is 89.8 Å². The summed E-state index contributed by atoms with van der Waals surface area (Å²) in [5, 5.41) is 7.60.